The highest BCUT2D eigenvalue weighted by atomic mass is 35.5. The Morgan fingerprint density at radius 1 is 1.28 bits per heavy atom. The average molecular weight is 374 g/mol. The Kier molecular flexibility index (Phi) is 6.11. The van der Waals surface area contributed by atoms with Crippen molar-refractivity contribution < 1.29 is 22.4 Å². The minimum absolute atomic E-state index is 0.0741. The first-order chi connectivity index (χ1) is 11.8. The third kappa shape index (κ3) is 5.27. The number of nitrogens with zero attached hydrogens (tertiary/aromatic N) is 2. The second-order valence-corrected chi connectivity index (χ2v) is 5.12. The predicted molar refractivity (Wildman–Crippen MR) is 86.9 cm³/mol. The van der Waals surface area contributed by atoms with Gasteiger partial charge in [0.1, 0.15) is 5.82 Å². The van der Waals surface area contributed by atoms with Crippen LogP contribution in [-0.2, 0) is 11.0 Å². The highest BCUT2D eigenvalue weighted by Crippen LogP contribution is 2.32. The van der Waals surface area contributed by atoms with Gasteiger partial charge in [-0.25, -0.2) is 4.39 Å². The zero-order chi connectivity index (χ0) is 18.4. The fourth-order valence-electron chi connectivity index (χ4n) is 1.77. The maximum absolute atomic E-state index is 12.9. The van der Waals surface area contributed by atoms with Crippen LogP contribution in [0.25, 0.3) is 5.57 Å². The molecule has 0 aliphatic carbocycles. The summed E-state index contributed by atoms with van der Waals surface area (Å²) in [6.07, 6.45) is -1.23. The molecule has 0 fully saturated rings. The number of hydroxylamine groups is 1. The number of rotatable bonds is 5. The number of aromatic nitrogens is 1. The van der Waals surface area contributed by atoms with Crippen LogP contribution in [0.3, 0.4) is 0 Å². The molecule has 4 nitrogen and oxygen atoms in total. The number of allylic oxidation sites excluding steroid dienone is 1. The van der Waals surface area contributed by atoms with E-state index in [0.29, 0.717) is 11.9 Å². The van der Waals surface area contributed by atoms with E-state index in [-0.39, 0.29) is 16.3 Å². The number of aliphatic imine (C=N–C) groups is 1. The Morgan fingerprint density at radius 2 is 1.96 bits per heavy atom. The van der Waals surface area contributed by atoms with Gasteiger partial charge in [0.2, 0.25) is 0 Å². The molecular weight excluding hydrogens is 362 g/mol. The Morgan fingerprint density at radius 3 is 2.52 bits per heavy atom. The van der Waals surface area contributed by atoms with Gasteiger partial charge in [-0.05, 0) is 30.3 Å². The standard InChI is InChI=1S/C16H12ClF4N3O/c1-25-24-8-10(7-22-13-4-2-12(18)3-5-13)15-14(17)6-11(9-23-15)16(19,20)21/h2-9,24H,1H3/b10-8+,22-7?. The van der Waals surface area contributed by atoms with Crippen molar-refractivity contribution in [2.45, 2.75) is 6.18 Å². The number of benzene rings is 1. The molecule has 0 saturated carbocycles. The van der Waals surface area contributed by atoms with Gasteiger partial charge in [0.15, 0.2) is 0 Å². The summed E-state index contributed by atoms with van der Waals surface area (Å²) in [5.41, 5.74) is 2.25. The number of nitrogens with one attached hydrogen (secondary N) is 1. The topological polar surface area (TPSA) is 46.5 Å². The molecule has 0 atom stereocenters. The van der Waals surface area contributed by atoms with E-state index in [0.717, 1.165) is 6.07 Å². The van der Waals surface area contributed by atoms with E-state index < -0.39 is 17.6 Å². The summed E-state index contributed by atoms with van der Waals surface area (Å²) in [5, 5.41) is -0.204. The van der Waals surface area contributed by atoms with Crippen molar-refractivity contribution in [3.05, 3.63) is 64.8 Å². The predicted octanol–water partition coefficient (Wildman–Crippen LogP) is 4.79. The monoisotopic (exact) mass is 373 g/mol. The Labute approximate surface area is 145 Å². The molecule has 0 spiro atoms. The number of alkyl halides is 3. The maximum Gasteiger partial charge on any atom is 0.417 e. The first-order valence-corrected chi connectivity index (χ1v) is 7.20. The summed E-state index contributed by atoms with van der Waals surface area (Å²) in [4.78, 5) is 12.6. The Balaban J connectivity index is 2.36. The molecule has 2 rings (SSSR count). The molecule has 0 bridgehead atoms. The molecule has 9 heteroatoms. The normalized spacial score (nSPS) is 12.6. The quantitative estimate of drug-likeness (QED) is 0.466. The van der Waals surface area contributed by atoms with Crippen LogP contribution >= 0.6 is 11.6 Å². The third-order valence-electron chi connectivity index (χ3n) is 2.95. The zero-order valence-electron chi connectivity index (χ0n) is 12.8. The van der Waals surface area contributed by atoms with Crippen LogP contribution in [0.2, 0.25) is 5.02 Å². The first kappa shape index (κ1) is 18.9. The average Bonchev–Trinajstić information content (AvgIpc) is 2.56. The first-order valence-electron chi connectivity index (χ1n) is 6.82. The highest BCUT2D eigenvalue weighted by molar-refractivity contribution is 6.33. The Bertz CT molecular complexity index is 789. The summed E-state index contributed by atoms with van der Waals surface area (Å²) in [5.74, 6) is -0.414. The second kappa shape index (κ2) is 8.09. The van der Waals surface area contributed by atoms with Gasteiger partial charge in [-0.2, -0.15) is 13.2 Å². The Hall–Kier alpha value is -2.45. The number of hydrogen-bond acceptors (Lipinski definition) is 4. The lowest BCUT2D eigenvalue weighted by atomic mass is 10.1. The van der Waals surface area contributed by atoms with Crippen LogP contribution in [0.4, 0.5) is 23.2 Å². The van der Waals surface area contributed by atoms with E-state index in [2.05, 4.69) is 15.5 Å². The smallest absolute Gasteiger partial charge is 0.280 e. The lowest BCUT2D eigenvalue weighted by molar-refractivity contribution is -0.137. The number of halogens is 5. The third-order valence-corrected chi connectivity index (χ3v) is 3.24. The molecule has 0 unspecified atom stereocenters. The molecule has 0 amide bonds. The van der Waals surface area contributed by atoms with Crippen molar-refractivity contribution in [2.24, 2.45) is 4.99 Å². The van der Waals surface area contributed by atoms with E-state index in [4.69, 9.17) is 16.4 Å². The van der Waals surface area contributed by atoms with Gasteiger partial charge in [-0.15, -0.1) is 0 Å². The van der Waals surface area contributed by atoms with Gasteiger partial charge in [0.05, 0.1) is 29.1 Å². The van der Waals surface area contributed by atoms with Crippen LogP contribution in [0.1, 0.15) is 11.3 Å². The molecule has 0 aliphatic heterocycles. The molecule has 0 aliphatic rings. The van der Waals surface area contributed by atoms with Gasteiger partial charge < -0.3 is 0 Å². The lowest BCUT2D eigenvalue weighted by Crippen LogP contribution is -2.08. The van der Waals surface area contributed by atoms with Crippen molar-refractivity contribution in [1.29, 1.82) is 0 Å². The molecule has 25 heavy (non-hydrogen) atoms. The lowest BCUT2D eigenvalue weighted by Gasteiger charge is -2.10. The van der Waals surface area contributed by atoms with Gasteiger partial charge in [-0.3, -0.25) is 20.3 Å². The summed E-state index contributed by atoms with van der Waals surface area (Å²) in [6.45, 7) is 0. The molecule has 1 N–H and O–H groups in total. The fraction of sp³-hybridized carbons (Fsp3) is 0.125. The van der Waals surface area contributed by atoms with Crippen LogP contribution in [0.15, 0.2) is 47.7 Å². The minimum atomic E-state index is -4.55. The van der Waals surface area contributed by atoms with E-state index >= 15 is 0 Å². The van der Waals surface area contributed by atoms with Crippen molar-refractivity contribution >= 4 is 29.1 Å². The molecule has 132 valence electrons. The summed E-state index contributed by atoms with van der Waals surface area (Å²) in [6, 6.07) is 6.11. The van der Waals surface area contributed by atoms with Gasteiger partial charge in [0.25, 0.3) is 0 Å². The van der Waals surface area contributed by atoms with Crippen molar-refractivity contribution in [3.8, 4) is 0 Å². The zero-order valence-corrected chi connectivity index (χ0v) is 13.6. The largest absolute Gasteiger partial charge is 0.417 e. The molecular formula is C16H12ClF4N3O. The van der Waals surface area contributed by atoms with Gasteiger partial charge in [0, 0.05) is 24.2 Å². The van der Waals surface area contributed by atoms with E-state index in [9.17, 15) is 17.6 Å². The number of pyridine rings is 1. The van der Waals surface area contributed by atoms with Gasteiger partial charge >= 0.3 is 6.18 Å². The highest BCUT2D eigenvalue weighted by Gasteiger charge is 2.31. The minimum Gasteiger partial charge on any atom is -0.280 e. The van der Waals surface area contributed by atoms with E-state index in [1.165, 1.54) is 43.8 Å². The summed E-state index contributed by atoms with van der Waals surface area (Å²) < 4.78 is 51.0. The molecule has 1 aromatic heterocycles. The van der Waals surface area contributed by atoms with Crippen LogP contribution < -0.4 is 5.48 Å². The molecule has 1 aromatic carbocycles. The van der Waals surface area contributed by atoms with E-state index in [1.54, 1.807) is 0 Å². The second-order valence-electron chi connectivity index (χ2n) is 4.71. The molecule has 2 aromatic rings. The number of hydrogen-bond donors (Lipinski definition) is 1. The summed E-state index contributed by atoms with van der Waals surface area (Å²) >= 11 is 5.93. The molecule has 0 saturated heterocycles. The van der Waals surface area contributed by atoms with Crippen molar-refractivity contribution in [1.82, 2.24) is 10.5 Å². The van der Waals surface area contributed by atoms with Crippen molar-refractivity contribution in [2.75, 3.05) is 7.11 Å². The van der Waals surface area contributed by atoms with Crippen molar-refractivity contribution in [3.63, 3.8) is 0 Å². The maximum atomic E-state index is 12.9. The van der Waals surface area contributed by atoms with Gasteiger partial charge in [-0.1, -0.05) is 11.6 Å². The molecule has 1 heterocycles. The van der Waals surface area contributed by atoms with Crippen LogP contribution in [-0.4, -0.2) is 18.3 Å². The van der Waals surface area contributed by atoms with E-state index in [1.807, 2.05) is 0 Å². The molecule has 0 radical (unpaired) electrons. The summed E-state index contributed by atoms with van der Waals surface area (Å²) in [7, 11) is 1.35. The SMILES string of the molecule is CON/C=C(\C=Nc1ccc(F)cc1)c1ncc(C(F)(F)F)cc1Cl. The van der Waals surface area contributed by atoms with Crippen LogP contribution in [0.5, 0.6) is 0 Å². The fourth-order valence-corrected chi connectivity index (χ4v) is 2.04. The van der Waals surface area contributed by atoms with Crippen LogP contribution in [0, 0.1) is 5.82 Å².